The van der Waals surface area contributed by atoms with Gasteiger partial charge in [0.15, 0.2) is 0 Å². The van der Waals surface area contributed by atoms with E-state index in [0.29, 0.717) is 11.3 Å². The van der Waals surface area contributed by atoms with Crippen LogP contribution in [0.3, 0.4) is 0 Å². The molecular formula is C18H17ClN2O3. The van der Waals surface area contributed by atoms with Crippen molar-refractivity contribution in [1.29, 1.82) is 0 Å². The van der Waals surface area contributed by atoms with Crippen molar-refractivity contribution in [2.24, 2.45) is 0 Å². The van der Waals surface area contributed by atoms with Gasteiger partial charge in [0.2, 0.25) is 5.43 Å². The van der Waals surface area contributed by atoms with Crippen molar-refractivity contribution < 1.29 is 9.90 Å². The van der Waals surface area contributed by atoms with Crippen molar-refractivity contribution in [2.75, 3.05) is 13.6 Å². The molecule has 124 valence electrons. The summed E-state index contributed by atoms with van der Waals surface area (Å²) in [4.78, 5) is 27.2. The second-order valence-corrected chi connectivity index (χ2v) is 5.79. The number of hydrogen-bond acceptors (Lipinski definition) is 2. The highest BCUT2D eigenvalue weighted by Gasteiger charge is 2.12. The minimum atomic E-state index is -1.02. The number of halogens is 1. The van der Waals surface area contributed by atoms with E-state index in [1.807, 2.05) is 6.92 Å². The highest BCUT2D eigenvalue weighted by atomic mass is 35.5. The summed E-state index contributed by atoms with van der Waals surface area (Å²) in [6.45, 7) is 3.71. The molecule has 1 aromatic heterocycles. The van der Waals surface area contributed by atoms with Gasteiger partial charge in [-0.3, -0.25) is 4.79 Å². The number of hydrogen-bond donors (Lipinski definition) is 2. The van der Waals surface area contributed by atoms with Gasteiger partial charge in [-0.05, 0) is 31.5 Å². The Hall–Kier alpha value is -2.71. The average molecular weight is 345 g/mol. The monoisotopic (exact) mass is 344 g/mol. The first-order valence-electron chi connectivity index (χ1n) is 7.23. The van der Waals surface area contributed by atoms with Crippen LogP contribution in [0.2, 0.25) is 5.02 Å². The summed E-state index contributed by atoms with van der Waals surface area (Å²) in [7, 11) is 1.45. The number of H-pyrrole nitrogens is 1. The molecular weight excluding hydrogens is 328 g/mol. The average Bonchev–Trinajstić information content (AvgIpc) is 2.54. The number of rotatable bonds is 2. The number of nitrogens with zero attached hydrogens (tertiary/aromatic N) is 1. The van der Waals surface area contributed by atoms with E-state index in [-0.39, 0.29) is 17.0 Å². The van der Waals surface area contributed by atoms with Crippen LogP contribution in [0.5, 0.6) is 0 Å². The van der Waals surface area contributed by atoms with Crippen molar-refractivity contribution in [3.05, 3.63) is 56.5 Å². The third kappa shape index (κ3) is 3.79. The van der Waals surface area contributed by atoms with E-state index in [1.54, 1.807) is 31.2 Å². The highest BCUT2D eigenvalue weighted by Crippen LogP contribution is 2.22. The van der Waals surface area contributed by atoms with Crippen LogP contribution in [0, 0.1) is 25.7 Å². The number of aromatic nitrogens is 1. The Kier molecular flexibility index (Phi) is 5.32. The number of amides is 1. The minimum absolute atomic E-state index is 0.128. The lowest BCUT2D eigenvalue weighted by atomic mass is 10.0. The summed E-state index contributed by atoms with van der Waals surface area (Å²) < 4.78 is 0. The van der Waals surface area contributed by atoms with E-state index in [0.717, 1.165) is 21.7 Å². The molecule has 0 unspecified atom stereocenters. The Morgan fingerprint density at radius 2 is 1.88 bits per heavy atom. The number of nitrogens with one attached hydrogen (secondary N) is 1. The lowest BCUT2D eigenvalue weighted by Crippen LogP contribution is -2.24. The normalized spacial score (nSPS) is 10.0. The van der Waals surface area contributed by atoms with Gasteiger partial charge in [0.25, 0.3) is 0 Å². The van der Waals surface area contributed by atoms with Crippen LogP contribution in [0.4, 0.5) is 4.79 Å². The van der Waals surface area contributed by atoms with Crippen LogP contribution in [-0.4, -0.2) is 34.7 Å². The summed E-state index contributed by atoms with van der Waals surface area (Å²) in [6, 6.07) is 7.17. The maximum absolute atomic E-state index is 12.4. The van der Waals surface area contributed by atoms with E-state index < -0.39 is 6.09 Å². The largest absolute Gasteiger partial charge is 0.465 e. The molecule has 0 bridgehead atoms. The number of aryl methyl sites for hydroxylation is 2. The molecule has 24 heavy (non-hydrogen) atoms. The van der Waals surface area contributed by atoms with Crippen LogP contribution in [0.1, 0.15) is 17.0 Å². The van der Waals surface area contributed by atoms with Crippen molar-refractivity contribution >= 4 is 17.7 Å². The number of carbonyl (C=O) groups is 1. The quantitative estimate of drug-likeness (QED) is 0.821. The van der Waals surface area contributed by atoms with Crippen LogP contribution >= 0.6 is 11.6 Å². The lowest BCUT2D eigenvalue weighted by molar-refractivity contribution is 0.161. The van der Waals surface area contributed by atoms with E-state index in [1.165, 1.54) is 7.05 Å². The lowest BCUT2D eigenvalue weighted by Gasteiger charge is -2.09. The zero-order valence-corrected chi connectivity index (χ0v) is 14.4. The molecule has 0 spiro atoms. The van der Waals surface area contributed by atoms with Gasteiger partial charge in [0.1, 0.15) is 5.02 Å². The maximum Gasteiger partial charge on any atom is 0.407 e. The smallest absolute Gasteiger partial charge is 0.407 e. The van der Waals surface area contributed by atoms with Gasteiger partial charge in [-0.25, -0.2) is 4.79 Å². The minimum Gasteiger partial charge on any atom is -0.465 e. The first-order chi connectivity index (χ1) is 11.3. The molecule has 0 fully saturated rings. The Bertz CT molecular complexity index is 889. The zero-order valence-electron chi connectivity index (χ0n) is 13.6. The van der Waals surface area contributed by atoms with Gasteiger partial charge in [-0.15, -0.1) is 0 Å². The fraction of sp³-hybridized carbons (Fsp3) is 0.222. The Morgan fingerprint density at radius 3 is 2.46 bits per heavy atom. The van der Waals surface area contributed by atoms with Gasteiger partial charge >= 0.3 is 6.09 Å². The van der Waals surface area contributed by atoms with Crippen molar-refractivity contribution in [3.63, 3.8) is 0 Å². The molecule has 0 aliphatic carbocycles. The van der Waals surface area contributed by atoms with Crippen molar-refractivity contribution in [1.82, 2.24) is 9.88 Å². The first-order valence-corrected chi connectivity index (χ1v) is 7.61. The first kappa shape index (κ1) is 17.6. The fourth-order valence-corrected chi connectivity index (χ4v) is 2.39. The molecule has 0 saturated carbocycles. The van der Waals surface area contributed by atoms with E-state index in [2.05, 4.69) is 16.8 Å². The summed E-state index contributed by atoms with van der Waals surface area (Å²) in [5, 5.41) is 8.94. The number of aromatic amines is 1. The van der Waals surface area contributed by atoms with E-state index in [9.17, 15) is 9.59 Å². The van der Waals surface area contributed by atoms with Gasteiger partial charge in [0.05, 0.1) is 6.54 Å². The topological polar surface area (TPSA) is 73.4 Å². The summed E-state index contributed by atoms with van der Waals surface area (Å²) in [5.74, 6) is 5.68. The third-order valence-corrected chi connectivity index (χ3v) is 4.01. The van der Waals surface area contributed by atoms with Gasteiger partial charge in [-0.1, -0.05) is 35.6 Å². The molecule has 0 saturated heterocycles. The Labute approximate surface area is 144 Å². The molecule has 1 amide bonds. The molecule has 2 aromatic rings. The molecule has 0 aliphatic heterocycles. The predicted molar refractivity (Wildman–Crippen MR) is 94.5 cm³/mol. The molecule has 2 rings (SSSR count). The third-order valence-electron chi connectivity index (χ3n) is 3.55. The van der Waals surface area contributed by atoms with E-state index >= 15 is 0 Å². The SMILES string of the molecule is Cc1[nH]c(C)c(-c2ccc(C#CCN(C)C(=O)O)cc2)c(=O)c1Cl. The molecule has 0 atom stereocenters. The molecule has 1 aromatic carbocycles. The Morgan fingerprint density at radius 1 is 1.25 bits per heavy atom. The standard InChI is InChI=1S/C18H17ClN2O3/c1-11-15(17(22)16(19)12(2)20-11)14-8-6-13(7-9-14)5-4-10-21(3)18(23)24/h6-9H,10H2,1-3H3,(H,20,22)(H,23,24). The highest BCUT2D eigenvalue weighted by molar-refractivity contribution is 6.31. The molecule has 0 aliphatic rings. The van der Waals surface area contributed by atoms with Crippen LogP contribution in [0.15, 0.2) is 29.1 Å². The number of benzene rings is 1. The molecule has 2 N–H and O–H groups in total. The van der Waals surface area contributed by atoms with E-state index in [4.69, 9.17) is 16.7 Å². The zero-order chi connectivity index (χ0) is 17.9. The second kappa shape index (κ2) is 7.24. The molecule has 5 nitrogen and oxygen atoms in total. The second-order valence-electron chi connectivity index (χ2n) is 5.41. The summed E-state index contributed by atoms with van der Waals surface area (Å²) in [5.41, 5.74) is 3.23. The molecule has 0 radical (unpaired) electrons. The fourth-order valence-electron chi connectivity index (χ4n) is 2.24. The van der Waals surface area contributed by atoms with Crippen LogP contribution in [0.25, 0.3) is 11.1 Å². The van der Waals surface area contributed by atoms with Gasteiger partial charge in [0, 0.05) is 29.6 Å². The molecule has 1 heterocycles. The van der Waals surface area contributed by atoms with Gasteiger partial charge in [-0.2, -0.15) is 0 Å². The van der Waals surface area contributed by atoms with Crippen LogP contribution in [-0.2, 0) is 0 Å². The van der Waals surface area contributed by atoms with Gasteiger partial charge < -0.3 is 15.0 Å². The Balaban J connectivity index is 2.29. The number of carboxylic acid groups (broad SMARTS) is 1. The number of pyridine rings is 1. The predicted octanol–water partition coefficient (Wildman–Crippen LogP) is 3.27. The summed E-state index contributed by atoms with van der Waals surface area (Å²) >= 11 is 6.04. The summed E-state index contributed by atoms with van der Waals surface area (Å²) in [6.07, 6.45) is -1.02. The molecule has 6 heteroatoms. The van der Waals surface area contributed by atoms with Crippen LogP contribution < -0.4 is 5.43 Å². The van der Waals surface area contributed by atoms with Crippen molar-refractivity contribution in [2.45, 2.75) is 13.8 Å². The van der Waals surface area contributed by atoms with Crippen molar-refractivity contribution in [3.8, 4) is 23.0 Å². The maximum atomic E-state index is 12.4.